The van der Waals surface area contributed by atoms with Crippen molar-refractivity contribution in [3.63, 3.8) is 0 Å². The first-order valence-electron chi connectivity index (χ1n) is 5.66. The first-order chi connectivity index (χ1) is 7.63. The number of carbonyl (C=O) groups excluding carboxylic acids is 1. The molecule has 1 amide bonds. The Balaban J connectivity index is 2.29. The number of carbonyl (C=O) groups is 1. The molecule has 0 aliphatic heterocycles. The van der Waals surface area contributed by atoms with Crippen LogP contribution in [0, 0.1) is 6.92 Å². The molecule has 0 aliphatic carbocycles. The Labute approximate surface area is 95.8 Å². The third-order valence-electron chi connectivity index (χ3n) is 2.39. The van der Waals surface area contributed by atoms with E-state index in [9.17, 15) is 4.79 Å². The maximum absolute atomic E-state index is 11.7. The largest absolute Gasteiger partial charge is 0.426 e. The fourth-order valence-electron chi connectivity index (χ4n) is 1.36. The van der Waals surface area contributed by atoms with Gasteiger partial charge >= 0.3 is 0 Å². The van der Waals surface area contributed by atoms with Crippen molar-refractivity contribution in [2.45, 2.75) is 39.5 Å². The van der Waals surface area contributed by atoms with Crippen LogP contribution in [0.5, 0.6) is 0 Å². The second-order valence-electron chi connectivity index (χ2n) is 3.88. The van der Waals surface area contributed by atoms with Crippen LogP contribution in [0.25, 0.3) is 0 Å². The van der Waals surface area contributed by atoms with E-state index in [-0.39, 0.29) is 5.91 Å². The number of unbranched alkanes of at least 4 members (excludes halogenated alkanes) is 1. The zero-order valence-electron chi connectivity index (χ0n) is 10.2. The molecule has 0 aliphatic rings. The van der Waals surface area contributed by atoms with Gasteiger partial charge in [0.15, 0.2) is 0 Å². The molecule has 0 saturated heterocycles. The van der Waals surface area contributed by atoms with Crippen molar-refractivity contribution in [2.75, 3.05) is 13.6 Å². The van der Waals surface area contributed by atoms with Crippen LogP contribution in [0.15, 0.2) is 4.42 Å². The van der Waals surface area contributed by atoms with Gasteiger partial charge in [-0.2, -0.15) is 0 Å². The zero-order valence-corrected chi connectivity index (χ0v) is 10.2. The summed E-state index contributed by atoms with van der Waals surface area (Å²) in [7, 11) is 1.83. The molecule has 16 heavy (non-hydrogen) atoms. The molecule has 5 heteroatoms. The minimum absolute atomic E-state index is 0.129. The molecule has 0 atom stereocenters. The van der Waals surface area contributed by atoms with Crippen molar-refractivity contribution in [2.24, 2.45) is 0 Å². The summed E-state index contributed by atoms with van der Waals surface area (Å²) >= 11 is 0. The summed E-state index contributed by atoms with van der Waals surface area (Å²) in [5.74, 6) is 1.21. The minimum Gasteiger partial charge on any atom is -0.426 e. The van der Waals surface area contributed by atoms with Crippen molar-refractivity contribution in [1.82, 2.24) is 15.1 Å². The van der Waals surface area contributed by atoms with Gasteiger partial charge < -0.3 is 9.32 Å². The van der Waals surface area contributed by atoms with Gasteiger partial charge in [0.2, 0.25) is 17.7 Å². The summed E-state index contributed by atoms with van der Waals surface area (Å²) in [4.78, 5) is 13.4. The van der Waals surface area contributed by atoms with Crippen LogP contribution in [0.1, 0.15) is 38.0 Å². The summed E-state index contributed by atoms with van der Waals surface area (Å²) in [5, 5.41) is 7.57. The highest BCUT2D eigenvalue weighted by molar-refractivity contribution is 5.75. The van der Waals surface area contributed by atoms with E-state index in [1.165, 1.54) is 0 Å². The number of hydrogen-bond donors (Lipinski definition) is 0. The standard InChI is InChI=1S/C11H19N3O2/c1-4-5-8-14(3)11(15)7-6-10-13-12-9(2)16-10/h4-8H2,1-3H3. The minimum atomic E-state index is 0.129. The maximum atomic E-state index is 11.7. The quantitative estimate of drug-likeness (QED) is 0.737. The second-order valence-corrected chi connectivity index (χ2v) is 3.88. The predicted molar refractivity (Wildman–Crippen MR) is 59.9 cm³/mol. The first-order valence-corrected chi connectivity index (χ1v) is 5.66. The summed E-state index contributed by atoms with van der Waals surface area (Å²) < 4.78 is 5.20. The zero-order chi connectivity index (χ0) is 12.0. The van der Waals surface area contributed by atoms with Crippen LogP contribution in [-0.4, -0.2) is 34.6 Å². The van der Waals surface area contributed by atoms with Crippen LogP contribution in [0.3, 0.4) is 0 Å². The lowest BCUT2D eigenvalue weighted by Gasteiger charge is -2.15. The van der Waals surface area contributed by atoms with E-state index < -0.39 is 0 Å². The average Bonchev–Trinajstić information content (AvgIpc) is 2.68. The monoisotopic (exact) mass is 225 g/mol. The molecule has 1 aromatic heterocycles. The Bertz CT molecular complexity index is 336. The maximum Gasteiger partial charge on any atom is 0.222 e. The van der Waals surface area contributed by atoms with E-state index in [0.29, 0.717) is 24.6 Å². The molecule has 1 aromatic rings. The lowest BCUT2D eigenvalue weighted by atomic mass is 10.2. The van der Waals surface area contributed by atoms with Crippen LogP contribution in [-0.2, 0) is 11.2 Å². The van der Waals surface area contributed by atoms with E-state index in [4.69, 9.17) is 4.42 Å². The SMILES string of the molecule is CCCCN(C)C(=O)CCc1nnc(C)o1. The highest BCUT2D eigenvalue weighted by Gasteiger charge is 2.10. The molecule has 0 radical (unpaired) electrons. The van der Waals surface area contributed by atoms with Crippen LogP contribution in [0.2, 0.25) is 0 Å². The van der Waals surface area contributed by atoms with Crippen molar-refractivity contribution in [3.8, 4) is 0 Å². The van der Waals surface area contributed by atoms with E-state index in [0.717, 1.165) is 19.4 Å². The van der Waals surface area contributed by atoms with E-state index in [1.807, 2.05) is 7.05 Å². The van der Waals surface area contributed by atoms with Gasteiger partial charge in [0.1, 0.15) is 0 Å². The number of hydrogen-bond acceptors (Lipinski definition) is 4. The van der Waals surface area contributed by atoms with Gasteiger partial charge in [-0.3, -0.25) is 4.79 Å². The molecule has 1 rings (SSSR count). The number of amides is 1. The molecule has 0 N–H and O–H groups in total. The summed E-state index contributed by atoms with van der Waals surface area (Å²) in [6, 6.07) is 0. The summed E-state index contributed by atoms with van der Waals surface area (Å²) in [6.45, 7) is 4.67. The van der Waals surface area contributed by atoms with E-state index in [2.05, 4.69) is 17.1 Å². The number of aromatic nitrogens is 2. The molecule has 0 spiro atoms. The Hall–Kier alpha value is -1.39. The molecule has 90 valence electrons. The Morgan fingerprint density at radius 2 is 2.19 bits per heavy atom. The molecule has 0 unspecified atom stereocenters. The fraction of sp³-hybridized carbons (Fsp3) is 0.727. The summed E-state index contributed by atoms with van der Waals surface area (Å²) in [5.41, 5.74) is 0. The molecular formula is C11H19N3O2. The highest BCUT2D eigenvalue weighted by atomic mass is 16.4. The van der Waals surface area contributed by atoms with Crippen molar-refractivity contribution >= 4 is 5.91 Å². The van der Waals surface area contributed by atoms with Crippen molar-refractivity contribution < 1.29 is 9.21 Å². The molecule has 5 nitrogen and oxygen atoms in total. The Morgan fingerprint density at radius 1 is 1.44 bits per heavy atom. The topological polar surface area (TPSA) is 59.2 Å². The molecular weight excluding hydrogens is 206 g/mol. The normalized spacial score (nSPS) is 10.4. The van der Waals surface area contributed by atoms with Crippen molar-refractivity contribution in [1.29, 1.82) is 0 Å². The van der Waals surface area contributed by atoms with Gasteiger partial charge in [0, 0.05) is 33.4 Å². The fourth-order valence-corrected chi connectivity index (χ4v) is 1.36. The van der Waals surface area contributed by atoms with Gasteiger partial charge in [-0.05, 0) is 6.42 Å². The lowest BCUT2D eigenvalue weighted by Crippen LogP contribution is -2.27. The van der Waals surface area contributed by atoms with Gasteiger partial charge in [-0.15, -0.1) is 10.2 Å². The molecule has 0 fully saturated rings. The second kappa shape index (κ2) is 6.25. The lowest BCUT2D eigenvalue weighted by molar-refractivity contribution is -0.130. The summed E-state index contributed by atoms with van der Waals surface area (Å²) in [6.07, 6.45) is 3.10. The van der Waals surface area contributed by atoms with E-state index >= 15 is 0 Å². The Morgan fingerprint density at radius 3 is 2.75 bits per heavy atom. The van der Waals surface area contributed by atoms with Gasteiger partial charge in [-0.1, -0.05) is 13.3 Å². The van der Waals surface area contributed by atoms with Gasteiger partial charge in [0.25, 0.3) is 0 Å². The molecule has 0 saturated carbocycles. The molecule has 0 bridgehead atoms. The van der Waals surface area contributed by atoms with E-state index in [1.54, 1.807) is 11.8 Å². The third kappa shape index (κ3) is 4.00. The molecule has 1 heterocycles. The number of aryl methyl sites for hydroxylation is 2. The third-order valence-corrected chi connectivity index (χ3v) is 2.39. The number of nitrogens with zero attached hydrogens (tertiary/aromatic N) is 3. The molecule has 0 aromatic carbocycles. The van der Waals surface area contributed by atoms with Gasteiger partial charge in [-0.25, -0.2) is 0 Å². The Kier molecular flexibility index (Phi) is 4.95. The van der Waals surface area contributed by atoms with Gasteiger partial charge in [0.05, 0.1) is 0 Å². The predicted octanol–water partition coefficient (Wildman–Crippen LogP) is 1.57. The van der Waals surface area contributed by atoms with Crippen molar-refractivity contribution in [3.05, 3.63) is 11.8 Å². The smallest absolute Gasteiger partial charge is 0.222 e. The highest BCUT2D eigenvalue weighted by Crippen LogP contribution is 2.03. The van der Waals surface area contributed by atoms with Crippen LogP contribution < -0.4 is 0 Å². The van der Waals surface area contributed by atoms with Crippen LogP contribution >= 0.6 is 0 Å². The first kappa shape index (κ1) is 12.7. The average molecular weight is 225 g/mol. The number of rotatable bonds is 6. The van der Waals surface area contributed by atoms with Crippen LogP contribution in [0.4, 0.5) is 0 Å².